The Morgan fingerprint density at radius 1 is 1.33 bits per heavy atom. The van der Waals surface area contributed by atoms with Crippen molar-refractivity contribution in [1.82, 2.24) is 9.21 Å². The molecule has 2 aromatic heterocycles. The molecule has 1 N–H and O–H groups in total. The van der Waals surface area contributed by atoms with Gasteiger partial charge in [0.1, 0.15) is 21.6 Å². The van der Waals surface area contributed by atoms with Crippen molar-refractivity contribution in [3.05, 3.63) is 34.4 Å². The Balaban J connectivity index is 1.56. The maximum absolute atomic E-state index is 12.5. The molecule has 2 aromatic rings. The lowest BCUT2D eigenvalue weighted by atomic mass is 10.2. The highest BCUT2D eigenvalue weighted by Crippen LogP contribution is 2.25. The number of piperazine rings is 1. The van der Waals surface area contributed by atoms with Gasteiger partial charge in [0.25, 0.3) is 10.0 Å². The minimum absolute atomic E-state index is 0.108. The lowest BCUT2D eigenvalue weighted by Crippen LogP contribution is -2.50. The molecule has 1 aliphatic rings. The van der Waals surface area contributed by atoms with Gasteiger partial charge in [0.05, 0.1) is 6.54 Å². The SMILES string of the molecule is Cc1oc(NC(=O)CN2CCN(S(=O)(=O)c3cccs3)CC2)c(C#N)c1C. The highest BCUT2D eigenvalue weighted by molar-refractivity contribution is 7.91. The van der Waals surface area contributed by atoms with Crippen LogP contribution < -0.4 is 5.32 Å². The smallest absolute Gasteiger partial charge is 0.252 e. The summed E-state index contributed by atoms with van der Waals surface area (Å²) in [7, 11) is -3.46. The molecule has 8 nitrogen and oxygen atoms in total. The zero-order valence-electron chi connectivity index (χ0n) is 15.1. The van der Waals surface area contributed by atoms with E-state index in [2.05, 4.69) is 5.32 Å². The zero-order valence-corrected chi connectivity index (χ0v) is 16.7. The highest BCUT2D eigenvalue weighted by atomic mass is 32.2. The van der Waals surface area contributed by atoms with Gasteiger partial charge in [0.2, 0.25) is 11.8 Å². The number of amides is 1. The normalized spacial score (nSPS) is 16.2. The van der Waals surface area contributed by atoms with Crippen LogP contribution in [0.1, 0.15) is 16.9 Å². The van der Waals surface area contributed by atoms with Crippen LogP contribution in [0, 0.1) is 25.2 Å². The number of hydrogen-bond donors (Lipinski definition) is 1. The van der Waals surface area contributed by atoms with E-state index in [4.69, 9.17) is 4.42 Å². The number of sulfonamides is 1. The number of nitriles is 1. The van der Waals surface area contributed by atoms with Gasteiger partial charge in [-0.25, -0.2) is 8.42 Å². The van der Waals surface area contributed by atoms with E-state index in [1.54, 1.807) is 31.4 Å². The van der Waals surface area contributed by atoms with Gasteiger partial charge in [-0.1, -0.05) is 6.07 Å². The molecule has 27 heavy (non-hydrogen) atoms. The number of nitrogens with one attached hydrogen (secondary N) is 1. The van der Waals surface area contributed by atoms with Crippen molar-refractivity contribution in [1.29, 1.82) is 5.26 Å². The third kappa shape index (κ3) is 4.06. The lowest BCUT2D eigenvalue weighted by molar-refractivity contribution is -0.117. The number of rotatable bonds is 5. The van der Waals surface area contributed by atoms with E-state index in [9.17, 15) is 18.5 Å². The van der Waals surface area contributed by atoms with Crippen molar-refractivity contribution in [2.75, 3.05) is 38.0 Å². The molecule has 0 unspecified atom stereocenters. The molecule has 0 aromatic carbocycles. The van der Waals surface area contributed by atoms with Gasteiger partial charge < -0.3 is 4.42 Å². The fourth-order valence-corrected chi connectivity index (χ4v) is 5.45. The van der Waals surface area contributed by atoms with Crippen LogP contribution in [-0.2, 0) is 14.8 Å². The number of aryl methyl sites for hydroxylation is 1. The maximum atomic E-state index is 12.5. The van der Waals surface area contributed by atoms with E-state index in [0.29, 0.717) is 47.3 Å². The molecule has 3 heterocycles. The van der Waals surface area contributed by atoms with Gasteiger partial charge in [-0.15, -0.1) is 11.3 Å². The van der Waals surface area contributed by atoms with E-state index >= 15 is 0 Å². The summed E-state index contributed by atoms with van der Waals surface area (Å²) in [6.45, 7) is 5.18. The van der Waals surface area contributed by atoms with Gasteiger partial charge in [0, 0.05) is 31.7 Å². The van der Waals surface area contributed by atoms with Crippen molar-refractivity contribution in [3.8, 4) is 6.07 Å². The molecule has 1 aliphatic heterocycles. The monoisotopic (exact) mass is 408 g/mol. The van der Waals surface area contributed by atoms with Crippen molar-refractivity contribution >= 4 is 33.2 Å². The van der Waals surface area contributed by atoms with E-state index in [0.717, 1.165) is 0 Å². The van der Waals surface area contributed by atoms with Gasteiger partial charge in [-0.05, 0) is 25.3 Å². The summed E-state index contributed by atoms with van der Waals surface area (Å²) < 4.78 is 32.3. The van der Waals surface area contributed by atoms with Crippen LogP contribution in [0.4, 0.5) is 5.88 Å². The first-order valence-electron chi connectivity index (χ1n) is 8.39. The summed E-state index contributed by atoms with van der Waals surface area (Å²) in [4.78, 5) is 14.2. The molecular weight excluding hydrogens is 388 g/mol. The average molecular weight is 409 g/mol. The molecule has 1 saturated heterocycles. The topological polar surface area (TPSA) is 107 Å². The second-order valence-electron chi connectivity index (χ2n) is 6.26. The van der Waals surface area contributed by atoms with Crippen LogP contribution in [0.5, 0.6) is 0 Å². The number of nitrogens with zero attached hydrogens (tertiary/aromatic N) is 3. The first kappa shape index (κ1) is 19.6. The largest absolute Gasteiger partial charge is 0.444 e. The molecule has 144 valence electrons. The third-order valence-corrected chi connectivity index (χ3v) is 7.81. The Kier molecular flexibility index (Phi) is 5.67. The number of carbonyl (C=O) groups excluding carboxylic acids is 1. The summed E-state index contributed by atoms with van der Waals surface area (Å²) >= 11 is 1.20. The van der Waals surface area contributed by atoms with Gasteiger partial charge in [-0.2, -0.15) is 9.57 Å². The molecule has 0 spiro atoms. The number of anilines is 1. The molecule has 1 amide bonds. The zero-order chi connectivity index (χ0) is 19.6. The quantitative estimate of drug-likeness (QED) is 0.808. The summed E-state index contributed by atoms with van der Waals surface area (Å²) in [5, 5.41) is 13.6. The fourth-order valence-electron chi connectivity index (χ4n) is 2.88. The van der Waals surface area contributed by atoms with E-state index in [1.165, 1.54) is 15.6 Å². The molecule has 3 rings (SSSR count). The molecule has 0 saturated carbocycles. The Morgan fingerprint density at radius 2 is 2.04 bits per heavy atom. The van der Waals surface area contributed by atoms with Crippen molar-refractivity contribution in [2.45, 2.75) is 18.1 Å². The second kappa shape index (κ2) is 7.82. The number of carbonyl (C=O) groups is 1. The first-order valence-corrected chi connectivity index (χ1v) is 10.7. The van der Waals surface area contributed by atoms with E-state index < -0.39 is 10.0 Å². The fraction of sp³-hybridized carbons (Fsp3) is 0.412. The van der Waals surface area contributed by atoms with Crippen molar-refractivity contribution in [3.63, 3.8) is 0 Å². The van der Waals surface area contributed by atoms with Crippen molar-refractivity contribution in [2.24, 2.45) is 0 Å². The van der Waals surface area contributed by atoms with Crippen LogP contribution in [0.15, 0.2) is 26.1 Å². The van der Waals surface area contributed by atoms with Gasteiger partial charge in [-0.3, -0.25) is 15.0 Å². The molecule has 0 bridgehead atoms. The van der Waals surface area contributed by atoms with Crippen LogP contribution in [0.25, 0.3) is 0 Å². The predicted molar refractivity (Wildman–Crippen MR) is 101 cm³/mol. The molecule has 10 heteroatoms. The summed E-state index contributed by atoms with van der Waals surface area (Å²) in [6.07, 6.45) is 0. The summed E-state index contributed by atoms with van der Waals surface area (Å²) in [5.41, 5.74) is 1.04. The van der Waals surface area contributed by atoms with Crippen molar-refractivity contribution < 1.29 is 17.6 Å². The molecule has 1 fully saturated rings. The predicted octanol–water partition coefficient (Wildman–Crippen LogP) is 1.77. The minimum atomic E-state index is -3.46. The van der Waals surface area contributed by atoms with Crippen LogP contribution in [-0.4, -0.2) is 56.3 Å². The first-order chi connectivity index (χ1) is 12.8. The number of thiophene rings is 1. The standard InChI is InChI=1S/C17H20N4O4S2/c1-12-13(2)25-17(14(12)10-18)19-15(22)11-20-5-7-21(8-6-20)27(23,24)16-4-3-9-26-16/h3-4,9H,5-8,11H2,1-2H3,(H,19,22). The third-order valence-electron chi connectivity index (χ3n) is 4.54. The lowest BCUT2D eigenvalue weighted by Gasteiger charge is -2.33. The number of hydrogen-bond acceptors (Lipinski definition) is 7. The Bertz CT molecular complexity index is 965. The Hall–Kier alpha value is -2.19. The van der Waals surface area contributed by atoms with E-state index in [-0.39, 0.29) is 18.3 Å². The highest BCUT2D eigenvalue weighted by Gasteiger charge is 2.30. The molecular formula is C17H20N4O4S2. The van der Waals surface area contributed by atoms with Gasteiger partial charge in [0.15, 0.2) is 0 Å². The van der Waals surface area contributed by atoms with E-state index in [1.807, 2.05) is 11.0 Å². The van der Waals surface area contributed by atoms with Crippen LogP contribution >= 0.6 is 11.3 Å². The summed E-state index contributed by atoms with van der Waals surface area (Å²) in [5.74, 6) is 0.459. The van der Waals surface area contributed by atoms with Crippen LogP contribution in [0.2, 0.25) is 0 Å². The molecule has 0 radical (unpaired) electrons. The Labute approximate surface area is 162 Å². The van der Waals surface area contributed by atoms with Crippen LogP contribution in [0.3, 0.4) is 0 Å². The molecule has 0 aliphatic carbocycles. The maximum Gasteiger partial charge on any atom is 0.252 e. The second-order valence-corrected chi connectivity index (χ2v) is 9.37. The van der Waals surface area contributed by atoms with Gasteiger partial charge >= 0.3 is 0 Å². The molecule has 0 atom stereocenters. The minimum Gasteiger partial charge on any atom is -0.444 e. The summed E-state index contributed by atoms with van der Waals surface area (Å²) in [6, 6.07) is 5.35. The average Bonchev–Trinajstić information content (AvgIpc) is 3.25. The number of furan rings is 1. The Morgan fingerprint density at radius 3 is 2.63 bits per heavy atom.